The maximum atomic E-state index is 13.1. The molecule has 3 rings (SSSR count). The third kappa shape index (κ3) is 9.94. The van der Waals surface area contributed by atoms with Gasteiger partial charge in [-0.2, -0.15) is 0 Å². The van der Waals surface area contributed by atoms with E-state index in [9.17, 15) is 13.6 Å². The highest BCUT2D eigenvalue weighted by Gasteiger charge is 2.34. The summed E-state index contributed by atoms with van der Waals surface area (Å²) in [6, 6.07) is 3.87. The van der Waals surface area contributed by atoms with Crippen LogP contribution in [0.15, 0.2) is 17.1 Å². The second-order valence-corrected chi connectivity index (χ2v) is 9.68. The molecule has 0 saturated carbocycles. The van der Waals surface area contributed by atoms with Crippen molar-refractivity contribution in [2.24, 2.45) is 10.7 Å². The van der Waals surface area contributed by atoms with Crippen LogP contribution in [0.5, 0.6) is 0 Å². The molecule has 1 fully saturated rings. The van der Waals surface area contributed by atoms with Crippen molar-refractivity contribution in [2.75, 3.05) is 26.7 Å². The Morgan fingerprint density at radius 2 is 1.82 bits per heavy atom. The summed E-state index contributed by atoms with van der Waals surface area (Å²) in [7, 11) is 1.71. The first kappa shape index (κ1) is 33.4. The highest BCUT2D eigenvalue weighted by atomic mass is 19.1. The Morgan fingerprint density at radius 3 is 2.32 bits per heavy atom. The molecule has 0 spiro atoms. The predicted octanol–water partition coefficient (Wildman–Crippen LogP) is 4.00. The predicted molar refractivity (Wildman–Crippen MR) is 148 cm³/mol. The van der Waals surface area contributed by atoms with Crippen LogP contribution < -0.4 is 11.1 Å². The van der Waals surface area contributed by atoms with E-state index in [2.05, 4.69) is 37.9 Å². The van der Waals surface area contributed by atoms with Gasteiger partial charge in [-0.15, -0.1) is 0 Å². The molecular formula is C28H47F2N5O3. The Morgan fingerprint density at radius 1 is 1.16 bits per heavy atom. The van der Waals surface area contributed by atoms with Crippen LogP contribution in [-0.4, -0.2) is 73.4 Å². The van der Waals surface area contributed by atoms with Gasteiger partial charge in [0.2, 0.25) is 5.91 Å². The average molecular weight is 540 g/mol. The van der Waals surface area contributed by atoms with Crippen LogP contribution in [0, 0.1) is 11.6 Å². The molecule has 8 nitrogen and oxygen atoms in total. The minimum atomic E-state index is -0.576. The average Bonchev–Trinajstić information content (AvgIpc) is 3.28. The minimum absolute atomic E-state index is 0.0557. The molecule has 216 valence electrons. The lowest BCUT2D eigenvalue weighted by atomic mass is 10.1. The second kappa shape index (κ2) is 17.8. The highest BCUT2D eigenvalue weighted by Crippen LogP contribution is 2.21. The zero-order valence-electron chi connectivity index (χ0n) is 23.8. The Balaban J connectivity index is 0.000000408. The number of piperazine rings is 1. The first-order chi connectivity index (χ1) is 18.2. The van der Waals surface area contributed by atoms with Gasteiger partial charge in [0.1, 0.15) is 24.5 Å². The largest absolute Gasteiger partial charge is 0.460 e. The monoisotopic (exact) mass is 539 g/mol. The van der Waals surface area contributed by atoms with E-state index in [0.29, 0.717) is 24.4 Å². The number of hydrogen-bond acceptors (Lipinski definition) is 7. The molecule has 3 atom stereocenters. The van der Waals surface area contributed by atoms with Crippen molar-refractivity contribution in [2.45, 2.75) is 97.5 Å². The number of ether oxygens (including phenoxy) is 1. The molecule has 1 amide bonds. The minimum Gasteiger partial charge on any atom is -0.460 e. The number of nitrogens with zero attached hydrogens (tertiary/aromatic N) is 3. The first-order valence-corrected chi connectivity index (χ1v) is 13.6. The van der Waals surface area contributed by atoms with Gasteiger partial charge in [-0.3, -0.25) is 4.79 Å². The van der Waals surface area contributed by atoms with E-state index in [4.69, 9.17) is 20.3 Å². The number of carbonyl (C=O) groups is 2. The number of amides is 1. The van der Waals surface area contributed by atoms with Gasteiger partial charge in [-0.25, -0.2) is 13.8 Å². The van der Waals surface area contributed by atoms with Crippen molar-refractivity contribution in [3.05, 3.63) is 34.9 Å². The molecule has 2 aliphatic rings. The summed E-state index contributed by atoms with van der Waals surface area (Å²) in [6.45, 7) is 13.3. The van der Waals surface area contributed by atoms with E-state index in [1.54, 1.807) is 7.05 Å². The summed E-state index contributed by atoms with van der Waals surface area (Å²) >= 11 is 0. The number of hydrogen-bond donors (Lipinski definition) is 2. The number of unbranched alkanes of at least 4 members (excludes halogenated alkanes) is 3. The van der Waals surface area contributed by atoms with Gasteiger partial charge in [0.25, 0.3) is 6.02 Å². The molecule has 0 aromatic heterocycles. The van der Waals surface area contributed by atoms with Crippen molar-refractivity contribution in [1.82, 2.24) is 15.1 Å². The second-order valence-electron chi connectivity index (χ2n) is 9.68. The summed E-state index contributed by atoms with van der Waals surface area (Å²) in [5.41, 5.74) is 5.70. The van der Waals surface area contributed by atoms with Crippen LogP contribution in [-0.2, 0) is 27.4 Å². The number of nitrogens with one attached hydrogen (secondary N) is 1. The number of amidine groups is 1. The van der Waals surface area contributed by atoms with E-state index >= 15 is 0 Å². The van der Waals surface area contributed by atoms with Gasteiger partial charge in [-0.05, 0) is 51.4 Å². The fourth-order valence-electron chi connectivity index (χ4n) is 4.61. The summed E-state index contributed by atoms with van der Waals surface area (Å²) in [6.07, 6.45) is 6.49. The summed E-state index contributed by atoms with van der Waals surface area (Å²) in [5.74, 6) is -0.845. The van der Waals surface area contributed by atoms with E-state index in [-0.39, 0.29) is 30.3 Å². The molecule has 0 bridgehead atoms. The molecule has 0 radical (unpaired) electrons. The van der Waals surface area contributed by atoms with Crippen LogP contribution in [0.25, 0.3) is 0 Å². The van der Waals surface area contributed by atoms with Crippen molar-refractivity contribution in [3.63, 3.8) is 0 Å². The molecule has 0 unspecified atom stereocenters. The normalized spacial score (nSPS) is 20.5. The maximum absolute atomic E-state index is 13.1. The zero-order valence-corrected chi connectivity index (χ0v) is 23.8. The fourth-order valence-corrected chi connectivity index (χ4v) is 4.61. The third-order valence-corrected chi connectivity index (χ3v) is 6.78. The smallest absolute Gasteiger partial charge is 0.288 e. The standard InChI is InChI=1S/C18H33N3O2.C9H12F2N2.CH2O/c1-5-7-8-9-10-17(22)21-12-11-20(13-14(21)3)18-19-16(6-2)15(4)23-18;1-13-5-6-2-8(10)7(4-12)9(11)3-6;1-2/h14-16H,5-13H2,1-4H3;2-3,13H,4-5,12H2,1H3;1H2/t14-,15+,16+;;/m1../s1. The number of aliphatic imine (C=N–C) groups is 1. The molecule has 10 heteroatoms. The summed E-state index contributed by atoms with van der Waals surface area (Å²) in [4.78, 5) is 29.3. The molecule has 3 N–H and O–H groups in total. The maximum Gasteiger partial charge on any atom is 0.288 e. The van der Waals surface area contributed by atoms with Crippen LogP contribution >= 0.6 is 0 Å². The van der Waals surface area contributed by atoms with Gasteiger partial charge in [0.15, 0.2) is 0 Å². The van der Waals surface area contributed by atoms with E-state index in [1.165, 1.54) is 25.0 Å². The van der Waals surface area contributed by atoms with Crippen LogP contribution in [0.2, 0.25) is 0 Å². The fraction of sp³-hybridized carbons (Fsp3) is 0.679. The molecule has 1 aromatic carbocycles. The number of nitrogens with two attached hydrogens (primary N) is 1. The molecular weight excluding hydrogens is 492 g/mol. The molecule has 2 aliphatic heterocycles. The zero-order chi connectivity index (χ0) is 28.7. The van der Waals surface area contributed by atoms with E-state index < -0.39 is 11.6 Å². The molecule has 1 saturated heterocycles. The Kier molecular flexibility index (Phi) is 15.7. The number of benzene rings is 1. The quantitative estimate of drug-likeness (QED) is 0.460. The summed E-state index contributed by atoms with van der Waals surface area (Å²) < 4.78 is 32.1. The van der Waals surface area contributed by atoms with Gasteiger partial charge in [0, 0.05) is 50.7 Å². The van der Waals surface area contributed by atoms with Crippen molar-refractivity contribution < 1.29 is 23.1 Å². The van der Waals surface area contributed by atoms with Crippen molar-refractivity contribution in [3.8, 4) is 0 Å². The summed E-state index contributed by atoms with van der Waals surface area (Å²) in [5, 5.41) is 2.81. The van der Waals surface area contributed by atoms with E-state index in [1.807, 2.05) is 11.7 Å². The van der Waals surface area contributed by atoms with Crippen LogP contribution in [0.4, 0.5) is 8.78 Å². The molecule has 2 heterocycles. The number of halogens is 2. The van der Waals surface area contributed by atoms with Crippen molar-refractivity contribution in [1.29, 1.82) is 0 Å². The molecule has 0 aliphatic carbocycles. The lowest BCUT2D eigenvalue weighted by Gasteiger charge is -2.40. The van der Waals surface area contributed by atoms with Gasteiger partial charge >= 0.3 is 0 Å². The Labute approximate surface area is 227 Å². The highest BCUT2D eigenvalue weighted by molar-refractivity contribution is 5.78. The lowest BCUT2D eigenvalue weighted by Crippen LogP contribution is -2.55. The van der Waals surface area contributed by atoms with Crippen LogP contribution in [0.3, 0.4) is 0 Å². The first-order valence-electron chi connectivity index (χ1n) is 13.6. The van der Waals surface area contributed by atoms with Gasteiger partial charge < -0.3 is 30.4 Å². The Hall–Kier alpha value is -2.59. The molecule has 38 heavy (non-hydrogen) atoms. The van der Waals surface area contributed by atoms with Gasteiger partial charge in [0.05, 0.1) is 6.04 Å². The van der Waals surface area contributed by atoms with Crippen LogP contribution in [0.1, 0.15) is 77.3 Å². The van der Waals surface area contributed by atoms with Gasteiger partial charge in [-0.1, -0.05) is 33.1 Å². The SMILES string of the molecule is C=O.CCCCCCC(=O)N1CCN(C2=N[C@@H](CC)[C@H](C)O2)C[C@H]1C.CNCc1cc(F)c(CN)c(F)c1. The number of rotatable bonds is 9. The van der Waals surface area contributed by atoms with Crippen molar-refractivity contribution >= 4 is 18.7 Å². The number of carbonyl (C=O) groups excluding carboxylic acids is 2. The third-order valence-electron chi connectivity index (χ3n) is 6.78. The van der Waals surface area contributed by atoms with E-state index in [0.717, 1.165) is 44.9 Å². The Bertz CT molecular complexity index is 863. The molecule has 1 aromatic rings. The topological polar surface area (TPSA) is 100 Å². The lowest BCUT2D eigenvalue weighted by molar-refractivity contribution is -0.135.